The number of ether oxygens (including phenoxy) is 16. The van der Waals surface area contributed by atoms with Gasteiger partial charge in [0.25, 0.3) is 23.6 Å². The van der Waals surface area contributed by atoms with Gasteiger partial charge in [0, 0.05) is 161 Å². The smallest absolute Gasteiger partial charge is 0.262 e. The second-order valence-electron chi connectivity index (χ2n) is 42.4. The van der Waals surface area contributed by atoms with E-state index in [-0.39, 0.29) is 48.7 Å². The zero-order chi connectivity index (χ0) is 102. The van der Waals surface area contributed by atoms with E-state index in [4.69, 9.17) is 75.8 Å². The molecule has 13 aliphatic rings. The molecule has 0 radical (unpaired) electrons. The molecule has 24 nitrogen and oxygen atoms in total. The van der Waals surface area contributed by atoms with Gasteiger partial charge in [-0.15, -0.1) is 0 Å². The average molecular weight is 2030 g/mol. The molecule has 0 aromatic heterocycles. The Balaban J connectivity index is 1.03. The first-order chi connectivity index (χ1) is 72.8. The predicted octanol–water partition coefficient (Wildman–Crippen LogP) is 30.0. The number of fused-ring (bicyclic) bond motifs is 8. The summed E-state index contributed by atoms with van der Waals surface area (Å²) < 4.78 is 119. The molecular formula is C124H164N4O20. The van der Waals surface area contributed by atoms with Crippen molar-refractivity contribution in [3.8, 4) is 92.0 Å². The molecule has 800 valence electrons. The van der Waals surface area contributed by atoms with E-state index in [1.807, 2.05) is 48.5 Å². The number of rotatable bonds is 52. The summed E-state index contributed by atoms with van der Waals surface area (Å²) in [6.45, 7) is 14.7. The molecule has 148 heavy (non-hydrogen) atoms. The van der Waals surface area contributed by atoms with Gasteiger partial charge < -0.3 is 97.1 Å². The van der Waals surface area contributed by atoms with Gasteiger partial charge in [0.2, 0.25) is 50.2 Å². The van der Waals surface area contributed by atoms with Crippen LogP contribution in [0.5, 0.6) is 92.0 Å². The van der Waals surface area contributed by atoms with E-state index in [2.05, 4.69) is 101 Å². The monoisotopic (exact) mass is 2030 g/mol. The van der Waals surface area contributed by atoms with Crippen molar-refractivity contribution in [1.82, 2.24) is 0 Å². The molecule has 0 saturated carbocycles. The first-order valence-corrected chi connectivity index (χ1v) is 57.5. The second kappa shape index (κ2) is 54.2. The molecule has 21 rings (SSSR count). The fourth-order valence-corrected chi connectivity index (χ4v) is 23.7. The molecule has 24 heteroatoms. The van der Waals surface area contributed by atoms with Crippen molar-refractivity contribution in [1.29, 1.82) is 0 Å². The summed E-state index contributed by atoms with van der Waals surface area (Å²) in [6, 6.07) is 24.9. The lowest BCUT2D eigenvalue weighted by Gasteiger charge is -2.37. The summed E-state index contributed by atoms with van der Waals surface area (Å²) in [7, 11) is 0. The summed E-state index contributed by atoms with van der Waals surface area (Å²) in [5, 5.41) is 13.7. The van der Waals surface area contributed by atoms with Gasteiger partial charge >= 0.3 is 0 Å². The molecule has 8 aromatic carbocycles. The van der Waals surface area contributed by atoms with E-state index in [1.54, 1.807) is 0 Å². The van der Waals surface area contributed by atoms with E-state index in [1.165, 1.54) is 103 Å². The molecule has 1 aliphatic carbocycles. The van der Waals surface area contributed by atoms with Crippen LogP contribution in [0.3, 0.4) is 0 Å². The lowest BCUT2D eigenvalue weighted by Crippen LogP contribution is -2.27. The maximum Gasteiger partial charge on any atom is 0.262 e. The Kier molecular flexibility index (Phi) is 39.5. The Hall–Kier alpha value is -11.6. The minimum absolute atomic E-state index is 0.119. The lowest BCUT2D eigenvalue weighted by atomic mass is 9.75. The third-order valence-corrected chi connectivity index (χ3v) is 30.8. The first kappa shape index (κ1) is 108. The molecule has 4 amide bonds. The van der Waals surface area contributed by atoms with Crippen LogP contribution in [0, 0.1) is 0 Å². The maximum absolute atomic E-state index is 16.4. The van der Waals surface area contributed by atoms with Crippen molar-refractivity contribution in [2.75, 3.05) is 101 Å². The van der Waals surface area contributed by atoms with Crippen molar-refractivity contribution < 1.29 is 95.0 Å². The van der Waals surface area contributed by atoms with Crippen LogP contribution in [0.25, 0.3) is 0 Å². The molecule has 12 aliphatic heterocycles. The molecule has 32 bridgehead atoms. The first-order valence-electron chi connectivity index (χ1n) is 57.5. The Morgan fingerprint density at radius 3 is 0.527 bits per heavy atom. The van der Waals surface area contributed by atoms with Gasteiger partial charge in [-0.3, -0.25) is 19.2 Å². The van der Waals surface area contributed by atoms with Crippen LogP contribution in [0.4, 0.5) is 22.7 Å². The molecule has 0 spiro atoms. The normalized spacial score (nSPS) is 16.9. The minimum Gasteiger partial charge on any atom is -0.493 e. The Bertz CT molecular complexity index is 4930. The largest absolute Gasteiger partial charge is 0.493 e. The van der Waals surface area contributed by atoms with E-state index in [0.29, 0.717) is 214 Å². The Morgan fingerprint density at radius 1 is 0.203 bits per heavy atom. The lowest BCUT2D eigenvalue weighted by molar-refractivity contribution is -0.118. The van der Waals surface area contributed by atoms with Crippen molar-refractivity contribution in [3.63, 3.8) is 0 Å². The van der Waals surface area contributed by atoms with Crippen LogP contribution < -0.4 is 97.1 Å². The molecule has 0 atom stereocenters. The molecule has 4 N–H and O–H groups in total. The SMILES string of the molecule is CCCCCCCCCCCC1c2cc3c4c5c2OCOc2c1cc1c6c2OCC(=O)Nc2cc7c(OCCC)c(c2)Cc2cc8cc(c2OCCC)Cc2cc(cc(c2OCCC)Cc2cc(cc(c2OCCC)C7)NC(=O)CO5)NC(=O)COc2c(c(cc5c2OCOc2c(cc(c(c2OCC(=O)N8)OCO6)C1CCCCCCCCCCC)C5CCCCCCCCCCC)C3CCCCCCCCCCC)OCO4. The number of hydrogen-bond acceptors (Lipinski definition) is 20. The summed E-state index contributed by atoms with van der Waals surface area (Å²) in [6.07, 6.45) is 43.7. The zero-order valence-corrected chi connectivity index (χ0v) is 89.8. The van der Waals surface area contributed by atoms with Gasteiger partial charge in [0.05, 0.1) is 26.4 Å². The van der Waals surface area contributed by atoms with Crippen molar-refractivity contribution >= 4 is 46.4 Å². The highest BCUT2D eigenvalue weighted by molar-refractivity contribution is 5.96. The minimum atomic E-state index is -0.633. The zero-order valence-electron chi connectivity index (χ0n) is 89.8. The van der Waals surface area contributed by atoms with Gasteiger partial charge in [0.1, 0.15) is 23.0 Å². The number of carbonyl (C=O) groups excluding carboxylic acids is 4. The van der Waals surface area contributed by atoms with Crippen LogP contribution in [0.1, 0.15) is 451 Å². The topological polar surface area (TPSA) is 264 Å². The predicted molar refractivity (Wildman–Crippen MR) is 582 cm³/mol. The molecule has 0 saturated heterocycles. The van der Waals surface area contributed by atoms with E-state index in [9.17, 15) is 0 Å². The number of amides is 4. The highest BCUT2D eigenvalue weighted by Crippen LogP contribution is 2.64. The molecule has 12 heterocycles. The van der Waals surface area contributed by atoms with Gasteiger partial charge in [-0.25, -0.2) is 0 Å². The van der Waals surface area contributed by atoms with Gasteiger partial charge in [-0.05, 0) is 124 Å². The second-order valence-corrected chi connectivity index (χ2v) is 42.4. The van der Waals surface area contributed by atoms with Gasteiger partial charge in [-0.2, -0.15) is 0 Å². The van der Waals surface area contributed by atoms with Crippen molar-refractivity contribution in [3.05, 3.63) is 162 Å². The number of carbonyl (C=O) groups is 4. The molecule has 8 aromatic rings. The maximum atomic E-state index is 16.4. The van der Waals surface area contributed by atoms with E-state index in [0.717, 1.165) is 173 Å². The fourth-order valence-electron chi connectivity index (χ4n) is 23.7. The summed E-state index contributed by atoms with van der Waals surface area (Å²) in [5.41, 5.74) is 13.2. The van der Waals surface area contributed by atoms with Crippen LogP contribution in [-0.2, 0) is 44.9 Å². The fraction of sp³-hybridized carbons (Fsp3) is 0.581. The van der Waals surface area contributed by atoms with Crippen LogP contribution in [0.15, 0.2) is 72.8 Å². The van der Waals surface area contributed by atoms with Crippen LogP contribution in [0.2, 0.25) is 0 Å². The highest BCUT2D eigenvalue weighted by Gasteiger charge is 2.45. The molecular weight excluding hydrogens is 1870 g/mol. The highest BCUT2D eigenvalue weighted by atomic mass is 16.7. The summed E-state index contributed by atoms with van der Waals surface area (Å²) in [4.78, 5) is 65.8. The molecule has 0 unspecified atom stereocenters. The quantitative estimate of drug-likeness (QED) is 0.0258. The average Bonchev–Trinajstić information content (AvgIpc) is 0.716. The van der Waals surface area contributed by atoms with E-state index < -0.39 is 101 Å². The Labute approximate surface area is 878 Å². The number of anilines is 4. The molecule has 0 fully saturated rings. The summed E-state index contributed by atoms with van der Waals surface area (Å²) in [5.74, 6) is 1.04. The third-order valence-electron chi connectivity index (χ3n) is 30.8. The van der Waals surface area contributed by atoms with Gasteiger partial charge in [0.15, 0.2) is 72.4 Å². The third kappa shape index (κ3) is 26.5. The van der Waals surface area contributed by atoms with Crippen LogP contribution in [-0.4, -0.2) is 104 Å². The number of benzene rings is 8. The summed E-state index contributed by atoms with van der Waals surface area (Å²) >= 11 is 0. The van der Waals surface area contributed by atoms with Crippen LogP contribution >= 0.6 is 0 Å². The Morgan fingerprint density at radius 2 is 0.365 bits per heavy atom. The number of unbranched alkanes of at least 4 members (excludes halogenated alkanes) is 32. The number of hydrogen-bond donors (Lipinski definition) is 4. The van der Waals surface area contributed by atoms with Gasteiger partial charge in [-0.1, -0.05) is 287 Å². The number of nitrogens with one attached hydrogen (secondary N) is 4. The van der Waals surface area contributed by atoms with Crippen molar-refractivity contribution in [2.24, 2.45) is 0 Å². The standard InChI is InChI=1S/C124H164N4O20/c1-9-17-21-25-29-33-37-41-45-49-93-97-69-99-94(50-46-42-38-34-30-26-22-18-10-2)101-71-103-96(52-48-44-40-36-32-28-24-20-12-4)104-72-102-95(51-47-43-39-35-31-27-23-19-11-3)100-70-98(93)114-122-116(100)144-79-146-118(102)124-120(104)148-80-147-119(103)123-117(101)145-78-143-115(99)121(113(97)141-77-142-114)137-73-105(129)125-89-61-81-57-82-62-90(126-106(130)74-138-122)64-84(110(82)134-54-14-6)59-86-66-92(128-108(132)76-140-124)68-88(112(86)136-56-16-8)60-87-67-91(127-107(131)75-139-123)65-85(111(87)135-55-15-7)58-83(63-89)109(81)133-53-13-5/h61-72,93-96H,9-60,73-80H2,1-8H3,(H,125,129)(H,126,130)(H,127,131)(H,128,132). The van der Waals surface area contributed by atoms with E-state index >= 15 is 19.2 Å². The van der Waals surface area contributed by atoms with Crippen molar-refractivity contribution in [2.45, 2.75) is 387 Å².